The number of aryl methyl sites for hydroxylation is 1. The number of hydrogen-bond acceptors (Lipinski definition) is 7. The predicted octanol–water partition coefficient (Wildman–Crippen LogP) is 4.40. The van der Waals surface area contributed by atoms with Crippen molar-refractivity contribution in [3.63, 3.8) is 0 Å². The van der Waals surface area contributed by atoms with Gasteiger partial charge >= 0.3 is 5.97 Å². The van der Waals surface area contributed by atoms with Gasteiger partial charge in [0.15, 0.2) is 5.58 Å². The van der Waals surface area contributed by atoms with Crippen LogP contribution in [0.25, 0.3) is 11.1 Å². The molecule has 1 N–H and O–H groups in total. The van der Waals surface area contributed by atoms with E-state index in [4.69, 9.17) is 13.9 Å². The third-order valence-corrected chi connectivity index (χ3v) is 5.68. The number of ether oxygens (including phenoxy) is 2. The molecule has 0 amide bonds. The van der Waals surface area contributed by atoms with Crippen LogP contribution in [0.2, 0.25) is 0 Å². The van der Waals surface area contributed by atoms with Gasteiger partial charge in [0.05, 0.1) is 19.3 Å². The minimum atomic E-state index is -0.381. The molecule has 1 aliphatic rings. The van der Waals surface area contributed by atoms with Crippen molar-refractivity contribution in [1.82, 2.24) is 9.88 Å². The third-order valence-electron chi connectivity index (χ3n) is 5.68. The summed E-state index contributed by atoms with van der Waals surface area (Å²) in [6.45, 7) is 7.70. The van der Waals surface area contributed by atoms with Crippen LogP contribution in [0.3, 0.4) is 0 Å². The Balaban J connectivity index is 1.33. The molecule has 0 saturated carbocycles. The molecule has 31 heavy (non-hydrogen) atoms. The van der Waals surface area contributed by atoms with Gasteiger partial charge < -0.3 is 19.2 Å². The van der Waals surface area contributed by atoms with Gasteiger partial charge in [-0.15, -0.1) is 0 Å². The van der Waals surface area contributed by atoms with E-state index in [1.54, 1.807) is 18.2 Å². The Hall–Kier alpha value is -3.06. The van der Waals surface area contributed by atoms with E-state index in [0.717, 1.165) is 38.2 Å². The van der Waals surface area contributed by atoms with Crippen LogP contribution < -0.4 is 10.1 Å². The van der Waals surface area contributed by atoms with Crippen LogP contribution in [0.1, 0.15) is 41.3 Å². The quantitative estimate of drug-likeness (QED) is 0.565. The number of carbonyl (C=O) groups excluding carboxylic acids is 1. The highest BCUT2D eigenvalue weighted by atomic mass is 16.5. The number of carbonyl (C=O) groups is 1. The number of rotatable bonds is 7. The summed E-state index contributed by atoms with van der Waals surface area (Å²) >= 11 is 0. The Labute approximate surface area is 182 Å². The number of esters is 1. The van der Waals surface area contributed by atoms with Gasteiger partial charge in [0.1, 0.15) is 11.3 Å². The first-order valence-corrected chi connectivity index (χ1v) is 10.8. The molecule has 2 aromatic carbocycles. The number of likely N-dealkylation sites (tertiary alicyclic amines) is 1. The lowest BCUT2D eigenvalue weighted by atomic mass is 10.0. The van der Waals surface area contributed by atoms with E-state index in [1.807, 2.05) is 6.92 Å². The summed E-state index contributed by atoms with van der Waals surface area (Å²) in [4.78, 5) is 18.7. The maximum atomic E-state index is 11.7. The zero-order valence-electron chi connectivity index (χ0n) is 18.3. The number of aromatic nitrogens is 1. The number of nitrogens with zero attached hydrogens (tertiary/aromatic N) is 2. The summed E-state index contributed by atoms with van der Waals surface area (Å²) in [6, 6.07) is 12.4. The molecule has 1 saturated heterocycles. The summed E-state index contributed by atoms with van der Waals surface area (Å²) in [5.41, 5.74) is 4.21. The molecule has 1 aromatic heterocycles. The predicted molar refractivity (Wildman–Crippen MR) is 120 cm³/mol. The maximum Gasteiger partial charge on any atom is 0.337 e. The molecule has 4 rings (SSSR count). The zero-order valence-corrected chi connectivity index (χ0v) is 18.3. The molecule has 0 aliphatic carbocycles. The van der Waals surface area contributed by atoms with Crippen molar-refractivity contribution in [1.29, 1.82) is 0 Å². The third kappa shape index (κ3) is 4.99. The monoisotopic (exact) mass is 423 g/mol. The van der Waals surface area contributed by atoms with Crippen molar-refractivity contribution in [2.24, 2.45) is 0 Å². The molecule has 7 heteroatoms. The molecular weight excluding hydrogens is 394 g/mol. The van der Waals surface area contributed by atoms with E-state index in [2.05, 4.69) is 40.3 Å². The number of hydrogen-bond donors (Lipinski definition) is 1. The van der Waals surface area contributed by atoms with E-state index in [1.165, 1.54) is 18.2 Å². The number of anilines is 1. The lowest BCUT2D eigenvalue weighted by molar-refractivity contribution is 0.0601. The van der Waals surface area contributed by atoms with Gasteiger partial charge in [-0.25, -0.2) is 4.79 Å². The molecule has 2 heterocycles. The highest BCUT2D eigenvalue weighted by molar-refractivity contribution is 5.93. The van der Waals surface area contributed by atoms with Gasteiger partial charge in [-0.3, -0.25) is 4.90 Å². The lowest BCUT2D eigenvalue weighted by Gasteiger charge is -2.32. The number of benzene rings is 2. The summed E-state index contributed by atoms with van der Waals surface area (Å²) in [5, 5.41) is 3.41. The Bertz CT molecular complexity index is 1050. The average molecular weight is 424 g/mol. The van der Waals surface area contributed by atoms with E-state index < -0.39 is 0 Å². The fourth-order valence-corrected chi connectivity index (χ4v) is 3.96. The molecule has 1 fully saturated rings. The van der Waals surface area contributed by atoms with Gasteiger partial charge in [-0.1, -0.05) is 12.1 Å². The van der Waals surface area contributed by atoms with Gasteiger partial charge in [0.25, 0.3) is 6.01 Å². The van der Waals surface area contributed by atoms with E-state index in [0.29, 0.717) is 35.3 Å². The summed E-state index contributed by atoms with van der Waals surface area (Å²) in [7, 11) is 1.37. The molecule has 1 aliphatic heterocycles. The van der Waals surface area contributed by atoms with Crippen LogP contribution in [0, 0.1) is 6.92 Å². The van der Waals surface area contributed by atoms with Crippen LogP contribution in [-0.2, 0) is 11.3 Å². The Kier molecular flexibility index (Phi) is 6.42. The van der Waals surface area contributed by atoms with E-state index in [9.17, 15) is 4.79 Å². The van der Waals surface area contributed by atoms with Crippen LogP contribution in [0.5, 0.6) is 5.75 Å². The molecule has 0 spiro atoms. The molecule has 3 aromatic rings. The van der Waals surface area contributed by atoms with Crippen molar-refractivity contribution < 1.29 is 18.7 Å². The second-order valence-electron chi connectivity index (χ2n) is 7.92. The molecular formula is C24H29N3O4. The largest absolute Gasteiger partial charge is 0.494 e. The van der Waals surface area contributed by atoms with Gasteiger partial charge in [0, 0.05) is 25.7 Å². The van der Waals surface area contributed by atoms with Gasteiger partial charge in [-0.2, -0.15) is 4.98 Å². The summed E-state index contributed by atoms with van der Waals surface area (Å²) in [6.07, 6.45) is 2.02. The fourth-order valence-electron chi connectivity index (χ4n) is 3.96. The second kappa shape index (κ2) is 9.39. The Morgan fingerprint density at radius 1 is 1.23 bits per heavy atom. The second-order valence-corrected chi connectivity index (χ2v) is 7.92. The normalized spacial score (nSPS) is 15.2. The van der Waals surface area contributed by atoms with Gasteiger partial charge in [0.2, 0.25) is 0 Å². The number of fused-ring (bicyclic) bond motifs is 1. The van der Waals surface area contributed by atoms with E-state index in [-0.39, 0.29) is 5.97 Å². The minimum Gasteiger partial charge on any atom is -0.494 e. The Morgan fingerprint density at radius 3 is 2.77 bits per heavy atom. The summed E-state index contributed by atoms with van der Waals surface area (Å²) in [5.74, 6) is 0.594. The Morgan fingerprint density at radius 2 is 2.03 bits per heavy atom. The fraction of sp³-hybridized carbons (Fsp3) is 0.417. The summed E-state index contributed by atoms with van der Waals surface area (Å²) < 4.78 is 16.3. The first-order chi connectivity index (χ1) is 15.1. The first kappa shape index (κ1) is 21.2. The number of piperidine rings is 1. The SMILES string of the molecule is CCOc1cc(CN2CCC(Nc3nc4cc(C(=O)OC)ccc4o3)CC2)ccc1C. The average Bonchev–Trinajstić information content (AvgIpc) is 3.18. The van der Waals surface area contributed by atoms with Crippen LogP contribution in [-0.4, -0.2) is 48.7 Å². The van der Waals surface area contributed by atoms with Crippen LogP contribution >= 0.6 is 0 Å². The highest BCUT2D eigenvalue weighted by Gasteiger charge is 2.21. The van der Waals surface area contributed by atoms with Gasteiger partial charge in [-0.05, 0) is 62.1 Å². The number of methoxy groups -OCH3 is 1. The molecule has 0 radical (unpaired) electrons. The number of oxazole rings is 1. The molecule has 0 unspecified atom stereocenters. The highest BCUT2D eigenvalue weighted by Crippen LogP contribution is 2.25. The molecule has 0 atom stereocenters. The molecule has 164 valence electrons. The van der Waals surface area contributed by atoms with Crippen molar-refractivity contribution in [3.8, 4) is 5.75 Å². The molecule has 7 nitrogen and oxygen atoms in total. The van der Waals surface area contributed by atoms with Crippen molar-refractivity contribution >= 4 is 23.1 Å². The van der Waals surface area contributed by atoms with Crippen LogP contribution in [0.15, 0.2) is 40.8 Å². The number of nitrogens with one attached hydrogen (secondary N) is 1. The topological polar surface area (TPSA) is 76.8 Å². The van der Waals surface area contributed by atoms with E-state index >= 15 is 0 Å². The zero-order chi connectivity index (χ0) is 21.8. The van der Waals surface area contributed by atoms with Crippen molar-refractivity contribution in [3.05, 3.63) is 53.1 Å². The first-order valence-electron chi connectivity index (χ1n) is 10.8. The molecule has 0 bridgehead atoms. The van der Waals surface area contributed by atoms with Crippen molar-refractivity contribution in [2.45, 2.75) is 39.3 Å². The van der Waals surface area contributed by atoms with Crippen LogP contribution in [0.4, 0.5) is 6.01 Å². The lowest BCUT2D eigenvalue weighted by Crippen LogP contribution is -2.38. The standard InChI is InChI=1S/C24H29N3O4/c1-4-30-22-13-17(6-5-16(22)2)15-27-11-9-19(10-12-27)25-24-26-20-14-18(23(28)29-3)7-8-21(20)31-24/h5-8,13-14,19H,4,9-12,15H2,1-3H3,(H,25,26). The maximum absolute atomic E-state index is 11.7. The smallest absolute Gasteiger partial charge is 0.337 e. The van der Waals surface area contributed by atoms with Crippen molar-refractivity contribution in [2.75, 3.05) is 32.1 Å². The minimum absolute atomic E-state index is 0.307.